The highest BCUT2D eigenvalue weighted by Crippen LogP contribution is 2.21. The molecule has 120 valence electrons. The Morgan fingerprint density at radius 1 is 1.35 bits per heavy atom. The van der Waals surface area contributed by atoms with E-state index in [1.54, 1.807) is 30.6 Å². The van der Waals surface area contributed by atoms with Crippen LogP contribution in [0.2, 0.25) is 0 Å². The average molecular weight is 313 g/mol. The summed E-state index contributed by atoms with van der Waals surface area (Å²) in [5, 5.41) is 10.9. The minimum Gasteiger partial charge on any atom is -0.340 e. The zero-order chi connectivity index (χ0) is 16.2. The van der Waals surface area contributed by atoms with Crippen LogP contribution in [-0.4, -0.2) is 46.0 Å². The number of non-ortho nitro benzene ring substituents is 1. The Labute approximate surface area is 134 Å². The van der Waals surface area contributed by atoms with E-state index in [1.807, 2.05) is 13.1 Å². The van der Waals surface area contributed by atoms with Gasteiger partial charge in [-0.2, -0.15) is 0 Å². The first-order chi connectivity index (χ1) is 11.1. The lowest BCUT2D eigenvalue weighted by molar-refractivity contribution is -0.384. The summed E-state index contributed by atoms with van der Waals surface area (Å²) in [5.41, 5.74) is 1.12. The van der Waals surface area contributed by atoms with Crippen molar-refractivity contribution in [2.24, 2.45) is 0 Å². The number of rotatable bonds is 5. The van der Waals surface area contributed by atoms with Crippen molar-refractivity contribution in [1.82, 2.24) is 14.9 Å². The summed E-state index contributed by atoms with van der Waals surface area (Å²) in [6.07, 6.45) is 4.52. The summed E-state index contributed by atoms with van der Waals surface area (Å²) in [6, 6.07) is 9.01. The van der Waals surface area contributed by atoms with Crippen LogP contribution in [0.15, 0.2) is 42.7 Å². The topological polar surface area (TPSA) is 75.4 Å². The van der Waals surface area contributed by atoms with Gasteiger partial charge in [0.05, 0.1) is 4.92 Å². The molecule has 1 unspecified atom stereocenters. The lowest BCUT2D eigenvalue weighted by atomic mass is 10.2. The number of likely N-dealkylation sites (N-methyl/N-ethyl adjacent to an activating group) is 1. The van der Waals surface area contributed by atoms with E-state index in [4.69, 9.17) is 0 Å². The maximum atomic E-state index is 10.9. The van der Waals surface area contributed by atoms with Crippen molar-refractivity contribution >= 4 is 11.6 Å². The number of anilines is 1. The van der Waals surface area contributed by atoms with Crippen LogP contribution >= 0.6 is 0 Å². The summed E-state index contributed by atoms with van der Waals surface area (Å²) in [7, 11) is 2.01. The van der Waals surface area contributed by atoms with E-state index in [0.29, 0.717) is 6.04 Å². The molecule has 1 fully saturated rings. The lowest BCUT2D eigenvalue weighted by Crippen LogP contribution is -2.35. The number of benzene rings is 1. The summed E-state index contributed by atoms with van der Waals surface area (Å²) in [5.74, 6) is 0.731. The maximum Gasteiger partial charge on any atom is 0.269 e. The molecule has 1 atom stereocenters. The Hall–Kier alpha value is -2.54. The summed E-state index contributed by atoms with van der Waals surface area (Å²) in [6.45, 7) is 2.59. The maximum absolute atomic E-state index is 10.9. The molecule has 3 rings (SSSR count). The molecular formula is C16H19N5O2. The number of hydrogen-bond donors (Lipinski definition) is 0. The lowest BCUT2D eigenvalue weighted by Gasteiger charge is -2.24. The molecule has 1 saturated heterocycles. The fourth-order valence-electron chi connectivity index (χ4n) is 2.94. The van der Waals surface area contributed by atoms with Crippen LogP contribution in [0.4, 0.5) is 11.6 Å². The number of hydrogen-bond acceptors (Lipinski definition) is 6. The van der Waals surface area contributed by atoms with E-state index in [2.05, 4.69) is 19.8 Å². The predicted molar refractivity (Wildman–Crippen MR) is 87.2 cm³/mol. The van der Waals surface area contributed by atoms with E-state index >= 15 is 0 Å². The normalized spacial score (nSPS) is 18.0. The highest BCUT2D eigenvalue weighted by molar-refractivity contribution is 5.34. The summed E-state index contributed by atoms with van der Waals surface area (Å²) >= 11 is 0. The number of nitro groups is 1. The van der Waals surface area contributed by atoms with Crippen molar-refractivity contribution in [1.29, 1.82) is 0 Å². The van der Waals surface area contributed by atoms with Crippen LogP contribution in [-0.2, 0) is 6.54 Å². The Kier molecular flexibility index (Phi) is 4.47. The number of nitro benzene ring substituents is 1. The molecule has 0 N–H and O–H groups in total. The van der Waals surface area contributed by atoms with Crippen molar-refractivity contribution in [3.8, 4) is 0 Å². The van der Waals surface area contributed by atoms with Crippen LogP contribution in [0.3, 0.4) is 0 Å². The monoisotopic (exact) mass is 313 g/mol. The Balaban J connectivity index is 1.62. The first-order valence-corrected chi connectivity index (χ1v) is 7.59. The SMILES string of the molecule is CN(c1ncccn1)C1CCN(Cc2cccc([N+](=O)[O-])c2)C1. The zero-order valence-corrected chi connectivity index (χ0v) is 13.0. The molecule has 0 spiro atoms. The fraction of sp³-hybridized carbons (Fsp3) is 0.375. The van der Waals surface area contributed by atoms with E-state index < -0.39 is 0 Å². The molecule has 1 aromatic carbocycles. The van der Waals surface area contributed by atoms with Crippen molar-refractivity contribution in [3.63, 3.8) is 0 Å². The van der Waals surface area contributed by atoms with Crippen LogP contribution in [0.1, 0.15) is 12.0 Å². The molecule has 23 heavy (non-hydrogen) atoms. The average Bonchev–Trinajstić information content (AvgIpc) is 3.03. The molecule has 2 heterocycles. The second-order valence-electron chi connectivity index (χ2n) is 5.76. The molecule has 1 aromatic heterocycles. The van der Waals surface area contributed by atoms with E-state index in [1.165, 1.54) is 6.07 Å². The number of nitrogens with zero attached hydrogens (tertiary/aromatic N) is 5. The van der Waals surface area contributed by atoms with Gasteiger partial charge in [-0.15, -0.1) is 0 Å². The van der Waals surface area contributed by atoms with Gasteiger partial charge in [0.25, 0.3) is 5.69 Å². The van der Waals surface area contributed by atoms with Crippen molar-refractivity contribution < 1.29 is 4.92 Å². The van der Waals surface area contributed by atoms with Gasteiger partial charge in [-0.25, -0.2) is 9.97 Å². The Bertz CT molecular complexity index is 679. The molecule has 1 aliphatic rings. The van der Waals surface area contributed by atoms with Gasteiger partial charge < -0.3 is 4.90 Å². The minimum atomic E-state index is -0.350. The third-order valence-electron chi connectivity index (χ3n) is 4.19. The first-order valence-electron chi connectivity index (χ1n) is 7.59. The number of aromatic nitrogens is 2. The Morgan fingerprint density at radius 3 is 2.87 bits per heavy atom. The summed E-state index contributed by atoms with van der Waals surface area (Å²) in [4.78, 5) is 23.5. The molecule has 0 aliphatic carbocycles. The van der Waals surface area contributed by atoms with Gasteiger partial charge in [-0.05, 0) is 18.1 Å². The van der Waals surface area contributed by atoms with Gasteiger partial charge in [0, 0.05) is 57.3 Å². The molecule has 0 bridgehead atoms. The van der Waals surface area contributed by atoms with Crippen LogP contribution in [0, 0.1) is 10.1 Å². The molecule has 0 amide bonds. The van der Waals surface area contributed by atoms with Crippen LogP contribution in [0.25, 0.3) is 0 Å². The van der Waals surface area contributed by atoms with E-state index in [9.17, 15) is 10.1 Å². The number of likely N-dealkylation sites (tertiary alicyclic amines) is 1. The molecule has 0 radical (unpaired) electrons. The first kappa shape index (κ1) is 15.4. The van der Waals surface area contributed by atoms with Crippen molar-refractivity contribution in [2.75, 3.05) is 25.0 Å². The molecule has 2 aromatic rings. The molecule has 7 heteroatoms. The van der Waals surface area contributed by atoms with Gasteiger partial charge in [0.1, 0.15) is 0 Å². The quantitative estimate of drug-likeness (QED) is 0.621. The highest BCUT2D eigenvalue weighted by atomic mass is 16.6. The summed E-state index contributed by atoms with van der Waals surface area (Å²) < 4.78 is 0. The standard InChI is InChI=1S/C16H19N5O2/c1-19(16-17-7-3-8-18-16)15-6-9-20(12-15)11-13-4-2-5-14(10-13)21(22)23/h2-5,7-8,10,15H,6,9,11-12H2,1H3. The van der Waals surface area contributed by atoms with Gasteiger partial charge in [0.15, 0.2) is 0 Å². The van der Waals surface area contributed by atoms with Gasteiger partial charge in [-0.1, -0.05) is 12.1 Å². The van der Waals surface area contributed by atoms with Crippen LogP contribution in [0.5, 0.6) is 0 Å². The second-order valence-corrected chi connectivity index (χ2v) is 5.76. The molecule has 0 saturated carbocycles. The van der Waals surface area contributed by atoms with E-state index in [-0.39, 0.29) is 10.6 Å². The molecule has 1 aliphatic heterocycles. The third kappa shape index (κ3) is 3.62. The molecule has 7 nitrogen and oxygen atoms in total. The largest absolute Gasteiger partial charge is 0.340 e. The van der Waals surface area contributed by atoms with Gasteiger partial charge in [0.2, 0.25) is 5.95 Å². The zero-order valence-electron chi connectivity index (χ0n) is 13.0. The smallest absolute Gasteiger partial charge is 0.269 e. The second kappa shape index (κ2) is 6.70. The Morgan fingerprint density at radius 2 is 2.13 bits per heavy atom. The van der Waals surface area contributed by atoms with Crippen LogP contribution < -0.4 is 4.90 Å². The minimum absolute atomic E-state index is 0.146. The predicted octanol–water partition coefficient (Wildman–Crippen LogP) is 2.10. The van der Waals surface area contributed by atoms with Gasteiger partial charge >= 0.3 is 0 Å². The van der Waals surface area contributed by atoms with Crippen molar-refractivity contribution in [2.45, 2.75) is 19.0 Å². The van der Waals surface area contributed by atoms with Crippen molar-refractivity contribution in [3.05, 3.63) is 58.4 Å². The van der Waals surface area contributed by atoms with E-state index in [0.717, 1.165) is 37.6 Å². The molecular weight excluding hydrogens is 294 g/mol. The highest BCUT2D eigenvalue weighted by Gasteiger charge is 2.27. The van der Waals surface area contributed by atoms with Gasteiger partial charge in [-0.3, -0.25) is 15.0 Å². The third-order valence-corrected chi connectivity index (χ3v) is 4.19. The fourth-order valence-corrected chi connectivity index (χ4v) is 2.94.